The Morgan fingerprint density at radius 3 is 2.72 bits per heavy atom. The molecular weight excluding hydrogens is 230 g/mol. The van der Waals surface area contributed by atoms with Crippen LogP contribution in [0.5, 0.6) is 5.75 Å². The molecule has 0 radical (unpaired) electrons. The van der Waals surface area contributed by atoms with E-state index in [2.05, 4.69) is 4.99 Å². The lowest BCUT2D eigenvalue weighted by Crippen LogP contribution is -2.15. The molecule has 0 saturated heterocycles. The first-order valence-electron chi connectivity index (χ1n) is 5.66. The number of nitrogens with zero attached hydrogens (tertiary/aromatic N) is 1. The molecule has 18 heavy (non-hydrogen) atoms. The van der Waals surface area contributed by atoms with Gasteiger partial charge in [0.25, 0.3) is 0 Å². The van der Waals surface area contributed by atoms with Crippen LogP contribution < -0.4 is 4.74 Å². The monoisotopic (exact) mass is 243 g/mol. The first-order valence-corrected chi connectivity index (χ1v) is 5.66. The molecule has 4 nitrogen and oxygen atoms in total. The summed E-state index contributed by atoms with van der Waals surface area (Å²) >= 11 is 0. The van der Waals surface area contributed by atoms with Crippen LogP contribution in [0.3, 0.4) is 0 Å². The largest absolute Gasteiger partial charge is 0.504 e. The molecule has 2 aliphatic rings. The highest BCUT2D eigenvalue weighted by Gasteiger charge is 2.34. The third-order valence-corrected chi connectivity index (χ3v) is 3.24. The fourth-order valence-electron chi connectivity index (χ4n) is 2.38. The smallest absolute Gasteiger partial charge is 0.154 e. The number of aliphatic hydroxyl groups excluding tert-OH is 1. The van der Waals surface area contributed by atoms with Crippen LogP contribution in [0.4, 0.5) is 5.69 Å². The zero-order chi connectivity index (χ0) is 12.7. The summed E-state index contributed by atoms with van der Waals surface area (Å²) in [5.41, 5.74) is 2.77. The zero-order valence-electron chi connectivity index (χ0n) is 10.2. The SMILES string of the molecule is COC1=C(O)C=CC2=Nc3ccc(OC)cc3C21. The number of aliphatic imine (C=N–C) groups is 1. The quantitative estimate of drug-likeness (QED) is 0.868. The van der Waals surface area contributed by atoms with Crippen molar-refractivity contribution >= 4 is 11.4 Å². The van der Waals surface area contributed by atoms with Gasteiger partial charge in [-0.25, -0.2) is 0 Å². The predicted octanol–water partition coefficient (Wildman–Crippen LogP) is 2.85. The number of hydrogen-bond acceptors (Lipinski definition) is 4. The molecule has 3 rings (SSSR count). The Morgan fingerprint density at radius 1 is 1.17 bits per heavy atom. The first-order chi connectivity index (χ1) is 8.74. The van der Waals surface area contributed by atoms with Crippen LogP contribution in [0.2, 0.25) is 0 Å². The van der Waals surface area contributed by atoms with Gasteiger partial charge in [-0.05, 0) is 35.9 Å². The fraction of sp³-hybridized carbons (Fsp3) is 0.214. The van der Waals surface area contributed by atoms with E-state index in [9.17, 15) is 5.11 Å². The Bertz CT molecular complexity index is 599. The van der Waals surface area contributed by atoms with Crippen LogP contribution in [-0.4, -0.2) is 25.0 Å². The molecule has 4 heteroatoms. The molecule has 92 valence electrons. The highest BCUT2D eigenvalue weighted by atomic mass is 16.5. The predicted molar refractivity (Wildman–Crippen MR) is 68.6 cm³/mol. The van der Waals surface area contributed by atoms with E-state index in [0.717, 1.165) is 22.7 Å². The van der Waals surface area contributed by atoms with Crippen LogP contribution in [0.15, 0.2) is 46.9 Å². The van der Waals surface area contributed by atoms with Gasteiger partial charge in [0.2, 0.25) is 0 Å². The molecule has 0 bridgehead atoms. The Kier molecular flexibility index (Phi) is 2.37. The molecule has 1 aromatic rings. The Morgan fingerprint density at radius 2 is 2.00 bits per heavy atom. The summed E-state index contributed by atoms with van der Waals surface area (Å²) in [6, 6.07) is 5.72. The van der Waals surface area contributed by atoms with Crippen molar-refractivity contribution in [3.63, 3.8) is 0 Å². The number of rotatable bonds is 2. The van der Waals surface area contributed by atoms with E-state index in [1.807, 2.05) is 24.3 Å². The highest BCUT2D eigenvalue weighted by Crippen LogP contribution is 2.44. The molecule has 0 amide bonds. The van der Waals surface area contributed by atoms with Crippen molar-refractivity contribution in [1.82, 2.24) is 0 Å². The molecule has 1 unspecified atom stereocenters. The molecule has 0 aromatic heterocycles. The lowest BCUT2D eigenvalue weighted by molar-refractivity contribution is 0.247. The topological polar surface area (TPSA) is 51.0 Å². The number of hydrogen-bond donors (Lipinski definition) is 1. The van der Waals surface area contributed by atoms with Crippen molar-refractivity contribution in [2.45, 2.75) is 5.92 Å². The number of allylic oxidation sites excluding steroid dienone is 3. The zero-order valence-corrected chi connectivity index (χ0v) is 10.2. The molecule has 1 aromatic carbocycles. The molecule has 0 spiro atoms. The molecule has 1 aliphatic carbocycles. The number of benzene rings is 1. The molecule has 1 N–H and O–H groups in total. The molecular formula is C14H13NO3. The van der Waals surface area contributed by atoms with Gasteiger partial charge in [0, 0.05) is 0 Å². The van der Waals surface area contributed by atoms with Crippen LogP contribution in [-0.2, 0) is 4.74 Å². The molecule has 1 aliphatic heterocycles. The summed E-state index contributed by atoms with van der Waals surface area (Å²) in [4.78, 5) is 4.53. The number of ether oxygens (including phenoxy) is 2. The average Bonchev–Trinajstić information content (AvgIpc) is 2.76. The summed E-state index contributed by atoms with van der Waals surface area (Å²) in [7, 11) is 3.18. The van der Waals surface area contributed by atoms with E-state index >= 15 is 0 Å². The van der Waals surface area contributed by atoms with Crippen molar-refractivity contribution < 1.29 is 14.6 Å². The Labute approximate surface area is 105 Å². The maximum atomic E-state index is 9.85. The third-order valence-electron chi connectivity index (χ3n) is 3.24. The van der Waals surface area contributed by atoms with E-state index in [-0.39, 0.29) is 11.7 Å². The average molecular weight is 243 g/mol. The molecule has 1 heterocycles. The summed E-state index contributed by atoms with van der Waals surface area (Å²) in [6.45, 7) is 0. The van der Waals surface area contributed by atoms with E-state index in [1.165, 1.54) is 0 Å². The summed E-state index contributed by atoms with van der Waals surface area (Å²) in [5, 5.41) is 9.85. The van der Waals surface area contributed by atoms with Crippen molar-refractivity contribution in [3.05, 3.63) is 47.4 Å². The van der Waals surface area contributed by atoms with Crippen molar-refractivity contribution in [3.8, 4) is 5.75 Å². The van der Waals surface area contributed by atoms with E-state index < -0.39 is 0 Å². The summed E-state index contributed by atoms with van der Waals surface area (Å²) < 4.78 is 10.5. The minimum absolute atomic E-state index is 0.134. The number of aliphatic hydroxyl groups is 1. The van der Waals surface area contributed by atoms with Crippen LogP contribution in [0.25, 0.3) is 0 Å². The van der Waals surface area contributed by atoms with Crippen LogP contribution >= 0.6 is 0 Å². The lowest BCUT2D eigenvalue weighted by Gasteiger charge is -2.20. The molecule has 1 atom stereocenters. The number of fused-ring (bicyclic) bond motifs is 3. The van der Waals surface area contributed by atoms with Crippen LogP contribution in [0.1, 0.15) is 11.5 Å². The Balaban J connectivity index is 2.15. The standard InChI is InChI=1S/C14H13NO3/c1-17-8-3-4-10-9(7-8)13-11(15-10)5-6-12(16)14(13)18-2/h3-7,13,16H,1-2H3. The Hall–Kier alpha value is -2.23. The molecule has 0 saturated carbocycles. The minimum atomic E-state index is -0.134. The lowest BCUT2D eigenvalue weighted by atomic mass is 9.90. The van der Waals surface area contributed by atoms with Gasteiger partial charge in [-0.2, -0.15) is 0 Å². The number of methoxy groups -OCH3 is 2. The second kappa shape index (κ2) is 3.91. The maximum absolute atomic E-state index is 9.85. The second-order valence-corrected chi connectivity index (χ2v) is 4.18. The van der Waals surface area contributed by atoms with Crippen molar-refractivity contribution in [1.29, 1.82) is 0 Å². The van der Waals surface area contributed by atoms with Gasteiger partial charge >= 0.3 is 0 Å². The molecule has 0 fully saturated rings. The van der Waals surface area contributed by atoms with Gasteiger partial charge in [-0.15, -0.1) is 0 Å². The minimum Gasteiger partial charge on any atom is -0.504 e. The van der Waals surface area contributed by atoms with E-state index in [4.69, 9.17) is 9.47 Å². The first kappa shape index (κ1) is 10.9. The van der Waals surface area contributed by atoms with Crippen molar-refractivity contribution in [2.24, 2.45) is 4.99 Å². The summed E-state index contributed by atoms with van der Waals surface area (Å²) in [5.74, 6) is 1.32. The van der Waals surface area contributed by atoms with Gasteiger partial charge in [0.15, 0.2) is 11.5 Å². The normalized spacial score (nSPS) is 20.3. The van der Waals surface area contributed by atoms with E-state index in [1.54, 1.807) is 20.3 Å². The maximum Gasteiger partial charge on any atom is 0.154 e. The highest BCUT2D eigenvalue weighted by molar-refractivity contribution is 6.08. The second-order valence-electron chi connectivity index (χ2n) is 4.18. The van der Waals surface area contributed by atoms with Gasteiger partial charge in [-0.1, -0.05) is 0 Å². The fourth-order valence-corrected chi connectivity index (χ4v) is 2.38. The van der Waals surface area contributed by atoms with Gasteiger partial charge in [0.05, 0.1) is 31.5 Å². The van der Waals surface area contributed by atoms with Crippen LogP contribution in [0, 0.1) is 0 Å². The van der Waals surface area contributed by atoms with Gasteiger partial charge in [-0.3, -0.25) is 4.99 Å². The van der Waals surface area contributed by atoms with E-state index in [0.29, 0.717) is 5.76 Å². The summed E-state index contributed by atoms with van der Waals surface area (Å²) in [6.07, 6.45) is 3.42. The van der Waals surface area contributed by atoms with Gasteiger partial charge < -0.3 is 14.6 Å². The van der Waals surface area contributed by atoms with Crippen molar-refractivity contribution in [2.75, 3.05) is 14.2 Å². The third kappa shape index (κ3) is 1.42. The van der Waals surface area contributed by atoms with Gasteiger partial charge in [0.1, 0.15) is 5.75 Å².